The van der Waals surface area contributed by atoms with Gasteiger partial charge in [-0.3, -0.25) is 9.20 Å². The maximum absolute atomic E-state index is 12.9. The standard InChI is InChI=1S/C20H20BrN3O3/c1-3-11-27-20(26)13-5-8-15(9-6-13)22-19(25)18-16(4-2)23-17-10-7-14(21)12-24(17)18/h5-10,12H,3-4,11H2,1-2H3,(H,22,25). The van der Waals surface area contributed by atoms with E-state index < -0.39 is 0 Å². The third-order valence-electron chi connectivity index (χ3n) is 4.02. The summed E-state index contributed by atoms with van der Waals surface area (Å²) < 4.78 is 7.74. The van der Waals surface area contributed by atoms with Crippen molar-refractivity contribution in [3.8, 4) is 0 Å². The van der Waals surface area contributed by atoms with Gasteiger partial charge in [-0.15, -0.1) is 0 Å². The minimum absolute atomic E-state index is 0.251. The smallest absolute Gasteiger partial charge is 0.338 e. The first-order valence-corrected chi connectivity index (χ1v) is 9.57. The quantitative estimate of drug-likeness (QED) is 0.586. The molecule has 0 aliphatic heterocycles. The normalized spacial score (nSPS) is 10.8. The van der Waals surface area contributed by atoms with Crippen LogP contribution in [-0.2, 0) is 11.2 Å². The Bertz CT molecular complexity index is 980. The van der Waals surface area contributed by atoms with Crippen LogP contribution in [0.4, 0.5) is 5.69 Å². The Morgan fingerprint density at radius 1 is 1.15 bits per heavy atom. The first kappa shape index (κ1) is 19.1. The summed E-state index contributed by atoms with van der Waals surface area (Å²) in [6.07, 6.45) is 3.24. The summed E-state index contributed by atoms with van der Waals surface area (Å²) in [6, 6.07) is 10.4. The summed E-state index contributed by atoms with van der Waals surface area (Å²) in [5, 5.41) is 2.87. The first-order chi connectivity index (χ1) is 13.0. The van der Waals surface area contributed by atoms with Crippen LogP contribution < -0.4 is 5.32 Å². The van der Waals surface area contributed by atoms with E-state index in [-0.39, 0.29) is 11.9 Å². The fourth-order valence-electron chi connectivity index (χ4n) is 2.71. The third-order valence-corrected chi connectivity index (χ3v) is 4.49. The molecule has 0 atom stereocenters. The molecule has 3 rings (SSSR count). The van der Waals surface area contributed by atoms with E-state index in [0.29, 0.717) is 35.6 Å². The van der Waals surface area contributed by atoms with Crippen molar-refractivity contribution in [1.29, 1.82) is 0 Å². The van der Waals surface area contributed by atoms with Crippen molar-refractivity contribution >= 4 is 39.1 Å². The zero-order chi connectivity index (χ0) is 19.4. The van der Waals surface area contributed by atoms with Gasteiger partial charge in [0.2, 0.25) is 0 Å². The number of aryl methyl sites for hydroxylation is 1. The lowest BCUT2D eigenvalue weighted by Gasteiger charge is -2.08. The second-order valence-corrected chi connectivity index (χ2v) is 6.92. The van der Waals surface area contributed by atoms with Gasteiger partial charge < -0.3 is 10.1 Å². The van der Waals surface area contributed by atoms with Gasteiger partial charge in [-0.2, -0.15) is 0 Å². The van der Waals surface area contributed by atoms with Gasteiger partial charge in [0, 0.05) is 16.4 Å². The fraction of sp³-hybridized carbons (Fsp3) is 0.250. The molecule has 1 amide bonds. The molecular formula is C20H20BrN3O3. The second kappa shape index (κ2) is 8.35. The number of benzene rings is 1. The van der Waals surface area contributed by atoms with Crippen LogP contribution in [0.5, 0.6) is 0 Å². The molecule has 1 N–H and O–H groups in total. The van der Waals surface area contributed by atoms with Crippen LogP contribution in [0.1, 0.15) is 46.8 Å². The van der Waals surface area contributed by atoms with Gasteiger partial charge in [-0.1, -0.05) is 13.8 Å². The molecule has 0 radical (unpaired) electrons. The minimum atomic E-state index is -0.366. The number of ether oxygens (including phenoxy) is 1. The van der Waals surface area contributed by atoms with Crippen LogP contribution >= 0.6 is 15.9 Å². The SMILES string of the molecule is CCCOC(=O)c1ccc(NC(=O)c2c(CC)nc3ccc(Br)cn23)cc1. The Morgan fingerprint density at radius 3 is 2.56 bits per heavy atom. The number of halogens is 1. The molecule has 7 heteroatoms. The number of nitrogens with one attached hydrogen (secondary N) is 1. The van der Waals surface area contributed by atoms with Gasteiger partial charge in [0.25, 0.3) is 5.91 Å². The van der Waals surface area contributed by atoms with Gasteiger partial charge in [0.05, 0.1) is 17.9 Å². The molecule has 2 heterocycles. The van der Waals surface area contributed by atoms with Crippen LogP contribution in [0.25, 0.3) is 5.65 Å². The van der Waals surface area contributed by atoms with Gasteiger partial charge in [-0.25, -0.2) is 9.78 Å². The van der Waals surface area contributed by atoms with E-state index in [1.54, 1.807) is 28.7 Å². The minimum Gasteiger partial charge on any atom is -0.462 e. The molecule has 27 heavy (non-hydrogen) atoms. The molecule has 140 valence electrons. The van der Waals surface area contributed by atoms with Crippen LogP contribution in [-0.4, -0.2) is 27.9 Å². The highest BCUT2D eigenvalue weighted by atomic mass is 79.9. The molecular weight excluding hydrogens is 410 g/mol. The van der Waals surface area contributed by atoms with E-state index in [0.717, 1.165) is 16.6 Å². The highest BCUT2D eigenvalue weighted by Crippen LogP contribution is 2.19. The molecule has 0 bridgehead atoms. The average Bonchev–Trinajstić information content (AvgIpc) is 3.04. The number of hydrogen-bond donors (Lipinski definition) is 1. The van der Waals surface area contributed by atoms with Gasteiger partial charge >= 0.3 is 5.97 Å². The number of carbonyl (C=O) groups excluding carboxylic acids is 2. The number of amides is 1. The van der Waals surface area contributed by atoms with Crippen LogP contribution in [0.2, 0.25) is 0 Å². The number of fused-ring (bicyclic) bond motifs is 1. The maximum atomic E-state index is 12.9. The number of hydrogen-bond acceptors (Lipinski definition) is 4. The summed E-state index contributed by atoms with van der Waals surface area (Å²) in [7, 11) is 0. The summed E-state index contributed by atoms with van der Waals surface area (Å²) in [5.74, 6) is -0.617. The lowest BCUT2D eigenvalue weighted by Crippen LogP contribution is -2.16. The number of anilines is 1. The molecule has 6 nitrogen and oxygen atoms in total. The number of carbonyl (C=O) groups is 2. The number of nitrogens with zero attached hydrogens (tertiary/aromatic N) is 2. The molecule has 0 unspecified atom stereocenters. The van der Waals surface area contributed by atoms with Crippen molar-refractivity contribution in [3.63, 3.8) is 0 Å². The number of pyridine rings is 1. The molecule has 0 spiro atoms. The number of aromatic nitrogens is 2. The highest BCUT2D eigenvalue weighted by molar-refractivity contribution is 9.10. The van der Waals surface area contributed by atoms with Crippen molar-refractivity contribution in [2.75, 3.05) is 11.9 Å². The Hall–Kier alpha value is -2.67. The lowest BCUT2D eigenvalue weighted by atomic mass is 10.2. The summed E-state index contributed by atoms with van der Waals surface area (Å²) in [4.78, 5) is 29.2. The summed E-state index contributed by atoms with van der Waals surface area (Å²) >= 11 is 3.43. The lowest BCUT2D eigenvalue weighted by molar-refractivity contribution is 0.0505. The Labute approximate surface area is 165 Å². The van der Waals surface area contributed by atoms with E-state index in [1.165, 1.54) is 0 Å². The van der Waals surface area contributed by atoms with Crippen molar-refractivity contribution in [3.05, 3.63) is 64.0 Å². The van der Waals surface area contributed by atoms with E-state index in [4.69, 9.17) is 4.74 Å². The monoisotopic (exact) mass is 429 g/mol. The maximum Gasteiger partial charge on any atom is 0.338 e. The van der Waals surface area contributed by atoms with Crippen LogP contribution in [0.15, 0.2) is 47.1 Å². The molecule has 3 aromatic rings. The summed E-state index contributed by atoms with van der Waals surface area (Å²) in [5.41, 5.74) is 2.99. The van der Waals surface area contributed by atoms with E-state index >= 15 is 0 Å². The van der Waals surface area contributed by atoms with Crippen LogP contribution in [0.3, 0.4) is 0 Å². The molecule has 0 fully saturated rings. The second-order valence-electron chi connectivity index (χ2n) is 6.00. The predicted molar refractivity (Wildman–Crippen MR) is 107 cm³/mol. The third kappa shape index (κ3) is 4.19. The highest BCUT2D eigenvalue weighted by Gasteiger charge is 2.18. The fourth-order valence-corrected chi connectivity index (χ4v) is 3.05. The molecule has 0 saturated heterocycles. The van der Waals surface area contributed by atoms with Crippen molar-refractivity contribution in [2.45, 2.75) is 26.7 Å². The molecule has 1 aromatic carbocycles. The van der Waals surface area contributed by atoms with E-state index in [1.807, 2.05) is 32.2 Å². The summed E-state index contributed by atoms with van der Waals surface area (Å²) in [6.45, 7) is 4.29. The van der Waals surface area contributed by atoms with Gasteiger partial charge in [-0.05, 0) is 65.2 Å². The van der Waals surface area contributed by atoms with E-state index in [9.17, 15) is 9.59 Å². The molecule has 2 aromatic heterocycles. The van der Waals surface area contributed by atoms with E-state index in [2.05, 4.69) is 26.2 Å². The predicted octanol–water partition coefficient (Wildman–Crippen LogP) is 4.48. The zero-order valence-corrected chi connectivity index (χ0v) is 16.7. The molecule has 0 aliphatic carbocycles. The van der Waals surface area contributed by atoms with Crippen molar-refractivity contribution in [1.82, 2.24) is 9.38 Å². The molecule has 0 aliphatic rings. The number of imidazole rings is 1. The average molecular weight is 430 g/mol. The first-order valence-electron chi connectivity index (χ1n) is 8.78. The van der Waals surface area contributed by atoms with Gasteiger partial charge in [0.1, 0.15) is 11.3 Å². The Kier molecular flexibility index (Phi) is 5.91. The van der Waals surface area contributed by atoms with Gasteiger partial charge in [0.15, 0.2) is 0 Å². The van der Waals surface area contributed by atoms with Crippen LogP contribution in [0, 0.1) is 0 Å². The Morgan fingerprint density at radius 2 is 1.89 bits per heavy atom. The zero-order valence-electron chi connectivity index (χ0n) is 15.2. The van der Waals surface area contributed by atoms with Crippen molar-refractivity contribution < 1.29 is 14.3 Å². The molecule has 0 saturated carbocycles. The topological polar surface area (TPSA) is 72.7 Å². The Balaban J connectivity index is 1.82. The number of esters is 1. The van der Waals surface area contributed by atoms with Crippen molar-refractivity contribution in [2.24, 2.45) is 0 Å². The number of rotatable bonds is 6. The largest absolute Gasteiger partial charge is 0.462 e.